The Morgan fingerprint density at radius 3 is 2.56 bits per heavy atom. The lowest BCUT2D eigenvalue weighted by Gasteiger charge is -2.11. The third-order valence-corrected chi connectivity index (χ3v) is 6.15. The molecule has 0 atom stereocenters. The lowest BCUT2D eigenvalue weighted by Crippen LogP contribution is -2.15. The molecular weight excluding hydrogens is 478 g/mol. The van der Waals surface area contributed by atoms with Crippen LogP contribution in [0.15, 0.2) is 95.1 Å². The van der Waals surface area contributed by atoms with Crippen molar-refractivity contribution in [2.45, 2.75) is 5.16 Å². The van der Waals surface area contributed by atoms with Crippen molar-refractivity contribution in [3.8, 4) is 28.5 Å². The van der Waals surface area contributed by atoms with Crippen molar-refractivity contribution in [3.63, 3.8) is 0 Å². The molecule has 3 heterocycles. The van der Waals surface area contributed by atoms with E-state index >= 15 is 0 Å². The zero-order chi connectivity index (χ0) is 24.9. The molecule has 0 aliphatic heterocycles. The van der Waals surface area contributed by atoms with Crippen LogP contribution in [0, 0.1) is 0 Å². The minimum atomic E-state index is -0.298. The van der Waals surface area contributed by atoms with Crippen LogP contribution >= 0.6 is 11.8 Å². The van der Waals surface area contributed by atoms with Crippen molar-refractivity contribution in [1.29, 1.82) is 0 Å². The van der Waals surface area contributed by atoms with E-state index in [4.69, 9.17) is 4.74 Å². The highest BCUT2D eigenvalue weighted by molar-refractivity contribution is 7.99. The highest BCUT2D eigenvalue weighted by Gasteiger charge is 2.18. The van der Waals surface area contributed by atoms with Crippen LogP contribution in [0.2, 0.25) is 0 Å². The lowest BCUT2D eigenvalue weighted by atomic mass is 10.2. The number of carbonyl (C=O) groups is 1. The van der Waals surface area contributed by atoms with Crippen LogP contribution in [0.5, 0.6) is 5.75 Å². The number of nitrogens with zero attached hydrogens (tertiary/aromatic N) is 5. The molecule has 36 heavy (non-hydrogen) atoms. The van der Waals surface area contributed by atoms with Crippen LogP contribution in [0.25, 0.3) is 22.8 Å². The predicted molar refractivity (Wildman–Crippen MR) is 137 cm³/mol. The molecule has 180 valence electrons. The second kappa shape index (κ2) is 10.3. The number of nitrogens with one attached hydrogen (secondary N) is 2. The summed E-state index contributed by atoms with van der Waals surface area (Å²) in [6, 6.07) is 21.7. The maximum Gasteiger partial charge on any atom is 0.273 e. The van der Waals surface area contributed by atoms with E-state index in [1.54, 1.807) is 31.6 Å². The second-order valence-electron chi connectivity index (χ2n) is 7.60. The van der Waals surface area contributed by atoms with Gasteiger partial charge in [0.15, 0.2) is 11.0 Å². The number of ether oxygens (including phenoxy) is 1. The van der Waals surface area contributed by atoms with Gasteiger partial charge in [0.25, 0.3) is 5.56 Å². The van der Waals surface area contributed by atoms with Crippen molar-refractivity contribution in [3.05, 3.63) is 95.5 Å². The van der Waals surface area contributed by atoms with Gasteiger partial charge in [-0.1, -0.05) is 30.0 Å². The third-order valence-electron chi connectivity index (χ3n) is 5.23. The lowest BCUT2D eigenvalue weighted by molar-refractivity contribution is -0.113. The molecule has 5 aromatic rings. The number of benzene rings is 2. The minimum absolute atomic E-state index is 0.0554. The summed E-state index contributed by atoms with van der Waals surface area (Å²) in [7, 11) is 1.61. The number of H-pyrrole nitrogens is 1. The normalized spacial score (nSPS) is 10.8. The van der Waals surface area contributed by atoms with Gasteiger partial charge in [0, 0.05) is 29.7 Å². The van der Waals surface area contributed by atoms with E-state index in [2.05, 4.69) is 25.6 Å². The average molecular weight is 500 g/mol. The standard InChI is InChI=1S/C25H21N7O3S/c1-35-20-11-9-18(10-12-20)31-24(17-6-5-13-26-15-17)28-29-25(31)36-16-22(33)27-21-14-23(34)32(30-21)19-7-3-2-4-8-19/h2-15,30H,16H2,1H3,(H,27,33). The van der Waals surface area contributed by atoms with Crippen molar-refractivity contribution >= 4 is 23.5 Å². The van der Waals surface area contributed by atoms with Crippen molar-refractivity contribution in [1.82, 2.24) is 29.5 Å². The highest BCUT2D eigenvalue weighted by atomic mass is 32.2. The first kappa shape index (κ1) is 23.1. The van der Waals surface area contributed by atoms with Crippen molar-refractivity contribution < 1.29 is 9.53 Å². The van der Waals surface area contributed by atoms with Crippen molar-refractivity contribution in [2.24, 2.45) is 0 Å². The van der Waals surface area contributed by atoms with Gasteiger partial charge in [0.1, 0.15) is 11.6 Å². The Morgan fingerprint density at radius 2 is 1.83 bits per heavy atom. The summed E-state index contributed by atoms with van der Waals surface area (Å²) >= 11 is 1.23. The number of rotatable bonds is 8. The number of hydrogen-bond acceptors (Lipinski definition) is 7. The number of pyridine rings is 1. The maximum atomic E-state index is 12.7. The number of carbonyl (C=O) groups excluding carboxylic acids is 1. The van der Waals surface area contributed by atoms with E-state index in [9.17, 15) is 9.59 Å². The van der Waals surface area contributed by atoms with Crippen LogP contribution in [0.3, 0.4) is 0 Å². The van der Waals surface area contributed by atoms with Gasteiger partial charge < -0.3 is 10.1 Å². The monoisotopic (exact) mass is 499 g/mol. The number of methoxy groups -OCH3 is 1. The largest absolute Gasteiger partial charge is 0.497 e. The second-order valence-corrected chi connectivity index (χ2v) is 8.54. The Morgan fingerprint density at radius 1 is 1.03 bits per heavy atom. The molecule has 0 spiro atoms. The molecule has 2 aromatic carbocycles. The van der Waals surface area contributed by atoms with E-state index in [0.717, 1.165) is 17.0 Å². The van der Waals surface area contributed by atoms with Gasteiger partial charge in [0.05, 0.1) is 18.6 Å². The number of aromatic amines is 1. The Labute approximate surface area is 210 Å². The summed E-state index contributed by atoms with van der Waals surface area (Å²) in [5.41, 5.74) is 2.00. The van der Waals surface area contributed by atoms with Crippen LogP contribution in [-0.4, -0.2) is 48.3 Å². The van der Waals surface area contributed by atoms with Gasteiger partial charge in [-0.3, -0.25) is 24.2 Å². The summed E-state index contributed by atoms with van der Waals surface area (Å²) < 4.78 is 8.50. The molecule has 11 heteroatoms. The number of aromatic nitrogens is 6. The Hall–Kier alpha value is -4.64. The molecule has 0 unspecified atom stereocenters. The first-order chi connectivity index (χ1) is 17.6. The van der Waals surface area contributed by atoms with Gasteiger partial charge >= 0.3 is 0 Å². The number of anilines is 1. The van der Waals surface area contributed by atoms with Gasteiger partial charge in [-0.05, 0) is 48.5 Å². The van der Waals surface area contributed by atoms with E-state index in [1.807, 2.05) is 59.2 Å². The highest BCUT2D eigenvalue weighted by Crippen LogP contribution is 2.28. The summed E-state index contributed by atoms with van der Waals surface area (Å²) in [4.78, 5) is 29.2. The Balaban J connectivity index is 1.36. The van der Waals surface area contributed by atoms with Crippen molar-refractivity contribution in [2.75, 3.05) is 18.2 Å². The maximum absolute atomic E-state index is 12.7. The van der Waals surface area contributed by atoms with Crippen LogP contribution in [0.1, 0.15) is 0 Å². The van der Waals surface area contributed by atoms with Gasteiger partial charge in [0.2, 0.25) is 5.91 Å². The SMILES string of the molecule is COc1ccc(-n2c(SCC(=O)Nc3cc(=O)n(-c4ccccc4)[nH]3)nnc2-c2cccnc2)cc1. The molecule has 0 radical (unpaired) electrons. The van der Waals surface area contributed by atoms with Crippen LogP contribution in [0.4, 0.5) is 5.82 Å². The fourth-order valence-electron chi connectivity index (χ4n) is 3.55. The summed E-state index contributed by atoms with van der Waals surface area (Å²) in [6.07, 6.45) is 3.39. The number of thioether (sulfide) groups is 1. The zero-order valence-corrected chi connectivity index (χ0v) is 20.0. The smallest absolute Gasteiger partial charge is 0.273 e. The van der Waals surface area contributed by atoms with E-state index in [-0.39, 0.29) is 17.2 Å². The topological polar surface area (TPSA) is 120 Å². The number of amides is 1. The van der Waals surface area contributed by atoms with Gasteiger partial charge in [-0.25, -0.2) is 4.68 Å². The first-order valence-corrected chi connectivity index (χ1v) is 11.9. The molecule has 1 amide bonds. The molecule has 0 bridgehead atoms. The molecule has 0 saturated carbocycles. The Bertz CT molecular complexity index is 1530. The van der Waals surface area contributed by atoms with Crippen LogP contribution < -0.4 is 15.6 Å². The quantitative estimate of drug-likeness (QED) is 0.313. The van der Waals surface area contributed by atoms with E-state index in [1.165, 1.54) is 22.5 Å². The summed E-state index contributed by atoms with van der Waals surface area (Å²) in [5.74, 6) is 1.39. The molecule has 2 N–H and O–H groups in total. The summed E-state index contributed by atoms with van der Waals surface area (Å²) in [5, 5.41) is 14.9. The zero-order valence-electron chi connectivity index (χ0n) is 19.2. The Kier molecular flexibility index (Phi) is 6.63. The predicted octanol–water partition coefficient (Wildman–Crippen LogP) is 3.55. The van der Waals surface area contributed by atoms with E-state index < -0.39 is 0 Å². The average Bonchev–Trinajstić information content (AvgIpc) is 3.51. The molecule has 0 aliphatic carbocycles. The molecule has 0 aliphatic rings. The van der Waals surface area contributed by atoms with Gasteiger partial charge in [-0.2, -0.15) is 0 Å². The fourth-order valence-corrected chi connectivity index (χ4v) is 4.31. The number of hydrogen-bond donors (Lipinski definition) is 2. The van der Waals surface area contributed by atoms with Crippen LogP contribution in [-0.2, 0) is 4.79 Å². The molecule has 0 saturated heterocycles. The molecule has 0 fully saturated rings. The third kappa shape index (κ3) is 4.91. The molecular formula is C25H21N7O3S. The van der Waals surface area contributed by atoms with E-state index in [0.29, 0.717) is 22.5 Å². The molecule has 3 aromatic heterocycles. The molecule has 10 nitrogen and oxygen atoms in total. The fraction of sp³-hybridized carbons (Fsp3) is 0.0800. The summed E-state index contributed by atoms with van der Waals surface area (Å²) in [6.45, 7) is 0. The first-order valence-electron chi connectivity index (χ1n) is 10.9. The number of para-hydroxylation sites is 1. The molecule has 5 rings (SSSR count). The van der Waals surface area contributed by atoms with Gasteiger partial charge in [-0.15, -0.1) is 10.2 Å². The minimum Gasteiger partial charge on any atom is -0.497 e.